The van der Waals surface area contributed by atoms with Crippen molar-refractivity contribution in [3.63, 3.8) is 0 Å². The van der Waals surface area contributed by atoms with Crippen LogP contribution in [0.2, 0.25) is 0 Å². The Bertz CT molecular complexity index is 112. The van der Waals surface area contributed by atoms with Gasteiger partial charge in [0.15, 0.2) is 0 Å². The van der Waals surface area contributed by atoms with Crippen molar-refractivity contribution in [1.82, 2.24) is 10.6 Å². The Hall–Kier alpha value is -0.0800. The molecule has 0 atom stereocenters. The first kappa shape index (κ1) is 16.9. The van der Waals surface area contributed by atoms with Crippen LogP contribution in [-0.4, -0.2) is 26.7 Å². The van der Waals surface area contributed by atoms with Crippen LogP contribution in [0.25, 0.3) is 0 Å². The van der Waals surface area contributed by atoms with Crippen LogP contribution in [0.1, 0.15) is 71.1 Å². The van der Waals surface area contributed by atoms with Crippen LogP contribution in [0.3, 0.4) is 0 Å². The van der Waals surface area contributed by atoms with Gasteiger partial charge in [-0.3, -0.25) is 0 Å². The summed E-state index contributed by atoms with van der Waals surface area (Å²) in [7, 11) is 2.00. The number of nitrogens with one attached hydrogen (secondary N) is 2. The van der Waals surface area contributed by atoms with E-state index in [1.807, 2.05) is 7.05 Å². The fourth-order valence-corrected chi connectivity index (χ4v) is 2.08. The highest BCUT2D eigenvalue weighted by Gasteiger charge is 1.92. The summed E-state index contributed by atoms with van der Waals surface area (Å²) in [6.45, 7) is 5.66. The predicted octanol–water partition coefficient (Wildman–Crippen LogP) is 3.72. The van der Waals surface area contributed by atoms with Gasteiger partial charge in [-0.15, -0.1) is 0 Å². The Morgan fingerprint density at radius 2 is 1.12 bits per heavy atom. The molecule has 0 heterocycles. The lowest BCUT2D eigenvalue weighted by Crippen LogP contribution is -2.25. The van der Waals surface area contributed by atoms with Crippen molar-refractivity contribution in [2.24, 2.45) is 0 Å². The third kappa shape index (κ3) is 15.9. The van der Waals surface area contributed by atoms with Crippen molar-refractivity contribution < 1.29 is 0 Å². The molecule has 0 fully saturated rings. The van der Waals surface area contributed by atoms with Crippen molar-refractivity contribution in [1.29, 1.82) is 0 Å². The van der Waals surface area contributed by atoms with Gasteiger partial charge in [-0.1, -0.05) is 64.7 Å². The van der Waals surface area contributed by atoms with Crippen LogP contribution in [-0.2, 0) is 0 Å². The van der Waals surface area contributed by atoms with E-state index in [0.29, 0.717) is 0 Å². The molecule has 0 aromatic carbocycles. The summed E-state index contributed by atoms with van der Waals surface area (Å²) in [5.41, 5.74) is 0. The van der Waals surface area contributed by atoms with Crippen molar-refractivity contribution in [2.75, 3.05) is 26.7 Å². The summed E-state index contributed by atoms with van der Waals surface area (Å²) in [4.78, 5) is 0. The lowest BCUT2D eigenvalue weighted by molar-refractivity contribution is 0.542. The van der Waals surface area contributed by atoms with Crippen LogP contribution in [0.5, 0.6) is 0 Å². The van der Waals surface area contributed by atoms with E-state index in [2.05, 4.69) is 17.6 Å². The molecule has 2 N–H and O–H groups in total. The van der Waals surface area contributed by atoms with Gasteiger partial charge in [0.2, 0.25) is 0 Å². The van der Waals surface area contributed by atoms with Crippen LogP contribution < -0.4 is 10.6 Å². The molecule has 0 aliphatic carbocycles. The molecule has 2 heteroatoms. The highest BCUT2D eigenvalue weighted by atomic mass is 14.9. The Morgan fingerprint density at radius 1 is 0.588 bits per heavy atom. The Balaban J connectivity index is 2.85. The maximum atomic E-state index is 3.45. The van der Waals surface area contributed by atoms with Crippen molar-refractivity contribution >= 4 is 0 Å². The quantitative estimate of drug-likeness (QED) is 0.454. The standard InChI is InChI=1S/C15H34N2/c1-3-4-5-6-7-8-9-10-11-12-13-17-15-14-16-2/h16-17H,3-15H2,1-2H3. The van der Waals surface area contributed by atoms with Crippen molar-refractivity contribution in [2.45, 2.75) is 71.1 Å². The van der Waals surface area contributed by atoms with Crippen molar-refractivity contribution in [3.05, 3.63) is 0 Å². The van der Waals surface area contributed by atoms with Crippen molar-refractivity contribution in [3.8, 4) is 0 Å². The molecule has 17 heavy (non-hydrogen) atoms. The first-order chi connectivity index (χ1) is 8.41. The first-order valence-electron chi connectivity index (χ1n) is 7.77. The molecule has 0 saturated carbocycles. The van der Waals surface area contributed by atoms with E-state index in [1.54, 1.807) is 0 Å². The van der Waals surface area contributed by atoms with Gasteiger partial charge in [-0.25, -0.2) is 0 Å². The van der Waals surface area contributed by atoms with E-state index in [9.17, 15) is 0 Å². The first-order valence-corrected chi connectivity index (χ1v) is 7.77. The number of unbranched alkanes of at least 4 members (excludes halogenated alkanes) is 9. The van der Waals surface area contributed by atoms with Gasteiger partial charge in [-0.2, -0.15) is 0 Å². The Morgan fingerprint density at radius 3 is 1.65 bits per heavy atom. The summed E-state index contributed by atoms with van der Waals surface area (Å²) >= 11 is 0. The van der Waals surface area contributed by atoms with E-state index < -0.39 is 0 Å². The maximum Gasteiger partial charge on any atom is 0.00766 e. The maximum absolute atomic E-state index is 3.45. The number of hydrogen-bond acceptors (Lipinski definition) is 2. The van der Waals surface area contributed by atoms with Crippen LogP contribution in [0.15, 0.2) is 0 Å². The third-order valence-electron chi connectivity index (χ3n) is 3.26. The minimum atomic E-state index is 1.08. The van der Waals surface area contributed by atoms with E-state index in [-0.39, 0.29) is 0 Å². The second-order valence-electron chi connectivity index (χ2n) is 5.04. The summed E-state index contributed by atoms with van der Waals surface area (Å²) < 4.78 is 0. The molecule has 104 valence electrons. The fraction of sp³-hybridized carbons (Fsp3) is 1.00. The number of hydrogen-bond donors (Lipinski definition) is 2. The molecular formula is C15H34N2. The molecule has 0 bridgehead atoms. The van der Waals surface area contributed by atoms with Gasteiger partial charge in [0.25, 0.3) is 0 Å². The SMILES string of the molecule is CCCCCCCCCCCCNCCNC. The molecule has 0 radical (unpaired) electrons. The molecule has 0 amide bonds. The zero-order valence-electron chi connectivity index (χ0n) is 12.2. The Kier molecular flexibility index (Phi) is 15.8. The monoisotopic (exact) mass is 242 g/mol. The lowest BCUT2D eigenvalue weighted by atomic mass is 10.1. The highest BCUT2D eigenvalue weighted by Crippen LogP contribution is 2.10. The van der Waals surface area contributed by atoms with Gasteiger partial charge in [0, 0.05) is 13.1 Å². The summed E-state index contributed by atoms with van der Waals surface area (Å²) in [5, 5.41) is 6.59. The molecule has 0 rings (SSSR count). The molecule has 0 aliphatic rings. The van der Waals surface area contributed by atoms with Crippen LogP contribution in [0.4, 0.5) is 0 Å². The van der Waals surface area contributed by atoms with Gasteiger partial charge < -0.3 is 10.6 Å². The third-order valence-corrected chi connectivity index (χ3v) is 3.26. The topological polar surface area (TPSA) is 24.1 Å². The molecule has 2 nitrogen and oxygen atoms in total. The zero-order chi connectivity index (χ0) is 12.6. The number of likely N-dealkylation sites (N-methyl/N-ethyl adjacent to an activating group) is 1. The molecule has 0 unspecified atom stereocenters. The average molecular weight is 242 g/mol. The molecule has 0 spiro atoms. The largest absolute Gasteiger partial charge is 0.318 e. The Labute approximate surface area is 109 Å². The second-order valence-corrected chi connectivity index (χ2v) is 5.04. The molecule has 0 aromatic rings. The minimum absolute atomic E-state index is 1.08. The normalized spacial score (nSPS) is 10.9. The molecule has 0 aliphatic heterocycles. The van der Waals surface area contributed by atoms with Crippen LogP contribution >= 0.6 is 0 Å². The smallest absolute Gasteiger partial charge is 0.00766 e. The lowest BCUT2D eigenvalue weighted by Gasteiger charge is -2.04. The van der Waals surface area contributed by atoms with E-state index >= 15 is 0 Å². The van der Waals surface area contributed by atoms with Crippen LogP contribution in [0, 0.1) is 0 Å². The molecule has 0 saturated heterocycles. The van der Waals surface area contributed by atoms with Gasteiger partial charge in [-0.05, 0) is 20.0 Å². The number of rotatable bonds is 14. The molecule has 0 aromatic heterocycles. The predicted molar refractivity (Wildman–Crippen MR) is 78.6 cm³/mol. The summed E-state index contributed by atoms with van der Waals surface area (Å²) in [6, 6.07) is 0. The van der Waals surface area contributed by atoms with E-state index in [4.69, 9.17) is 0 Å². The minimum Gasteiger partial charge on any atom is -0.318 e. The van der Waals surface area contributed by atoms with Gasteiger partial charge >= 0.3 is 0 Å². The fourth-order valence-electron chi connectivity index (χ4n) is 2.08. The summed E-state index contributed by atoms with van der Waals surface area (Å²) in [5.74, 6) is 0. The second kappa shape index (κ2) is 15.9. The van der Waals surface area contributed by atoms with E-state index in [1.165, 1.54) is 70.8 Å². The van der Waals surface area contributed by atoms with Gasteiger partial charge in [0.1, 0.15) is 0 Å². The summed E-state index contributed by atoms with van der Waals surface area (Å²) in [6.07, 6.45) is 14.2. The highest BCUT2D eigenvalue weighted by molar-refractivity contribution is 4.51. The zero-order valence-corrected chi connectivity index (χ0v) is 12.2. The van der Waals surface area contributed by atoms with Gasteiger partial charge in [0.05, 0.1) is 0 Å². The molecular weight excluding hydrogens is 208 g/mol. The average Bonchev–Trinajstić information content (AvgIpc) is 2.35. The van der Waals surface area contributed by atoms with E-state index in [0.717, 1.165) is 13.1 Å².